The zero-order valence-corrected chi connectivity index (χ0v) is 57.7. The number of piperidine rings is 1. The number of thiazole rings is 1. The number of aromatic nitrogens is 1. The van der Waals surface area contributed by atoms with Crippen LogP contribution in [-0.4, -0.2) is 166 Å². The molecule has 2 aromatic carbocycles. The van der Waals surface area contributed by atoms with Crippen molar-refractivity contribution < 1.29 is 72.1 Å². The number of methoxy groups -OCH3 is 1. The summed E-state index contributed by atoms with van der Waals surface area (Å²) >= 11 is 1.29. The lowest BCUT2D eigenvalue weighted by Gasteiger charge is -2.40. The third kappa shape index (κ3) is 22.0. The molecule has 27 heteroatoms. The van der Waals surface area contributed by atoms with Crippen LogP contribution in [0.4, 0.5) is 15.3 Å². The van der Waals surface area contributed by atoms with Crippen molar-refractivity contribution in [2.75, 3.05) is 45.2 Å². The number of anilines is 1. The van der Waals surface area contributed by atoms with E-state index in [1.54, 1.807) is 61.7 Å². The van der Waals surface area contributed by atoms with E-state index in [1.807, 2.05) is 46.4 Å². The van der Waals surface area contributed by atoms with Crippen molar-refractivity contribution in [3.8, 4) is 5.75 Å². The van der Waals surface area contributed by atoms with Gasteiger partial charge in [-0.1, -0.05) is 86.4 Å². The van der Waals surface area contributed by atoms with Crippen LogP contribution >= 0.6 is 11.3 Å². The molecule has 96 heavy (non-hydrogen) atoms. The number of esters is 1. The summed E-state index contributed by atoms with van der Waals surface area (Å²) in [4.78, 5) is 156. The van der Waals surface area contributed by atoms with Crippen molar-refractivity contribution in [1.82, 2.24) is 46.3 Å². The van der Waals surface area contributed by atoms with Crippen LogP contribution in [-0.2, 0) is 65.6 Å². The molecule has 9 unspecified atom stereocenters. The number of phenols is 1. The number of nitrogens with zero attached hydrogens (tertiary/aromatic N) is 4. The average molecular weight is 1350 g/mol. The summed E-state index contributed by atoms with van der Waals surface area (Å²) in [6.45, 7) is 16.6. The van der Waals surface area contributed by atoms with Gasteiger partial charge in [-0.3, -0.25) is 53.0 Å². The van der Waals surface area contributed by atoms with Crippen LogP contribution < -0.4 is 37.6 Å². The van der Waals surface area contributed by atoms with Gasteiger partial charge in [0.1, 0.15) is 53.3 Å². The van der Waals surface area contributed by atoms with Crippen LogP contribution in [0.25, 0.3) is 0 Å². The van der Waals surface area contributed by atoms with E-state index in [-0.39, 0.29) is 105 Å². The number of hydrogen-bond acceptors (Lipinski definition) is 17. The maximum Gasteiger partial charge on any atom is 0.410 e. The predicted octanol–water partition coefficient (Wildman–Crippen LogP) is 7.19. The summed E-state index contributed by atoms with van der Waals surface area (Å²) in [5.74, 6) is -5.33. The molecule has 6 rings (SSSR count). The number of imide groups is 1. The number of phenolic OH excluding ortho intramolecular Hbond substituents is 1. The van der Waals surface area contributed by atoms with E-state index in [4.69, 9.17) is 24.9 Å². The van der Waals surface area contributed by atoms with Gasteiger partial charge < -0.3 is 61.9 Å². The van der Waals surface area contributed by atoms with E-state index in [1.165, 1.54) is 35.5 Å². The Bertz CT molecular complexity index is 3190. The van der Waals surface area contributed by atoms with E-state index in [2.05, 4.69) is 31.9 Å². The number of fused-ring (bicyclic) bond motifs is 1. The molecule has 0 saturated carbocycles. The lowest BCUT2D eigenvalue weighted by Crippen LogP contribution is -2.59. The Morgan fingerprint density at radius 2 is 1.57 bits per heavy atom. The number of ether oxygens (including phenoxy) is 3. The van der Waals surface area contributed by atoms with Crippen molar-refractivity contribution in [1.29, 1.82) is 0 Å². The molecule has 1 aliphatic carbocycles. The van der Waals surface area contributed by atoms with Crippen LogP contribution in [0.2, 0.25) is 0 Å². The molecule has 3 heterocycles. The van der Waals surface area contributed by atoms with Crippen molar-refractivity contribution in [3.63, 3.8) is 0 Å². The van der Waals surface area contributed by atoms with Crippen LogP contribution in [0.3, 0.4) is 0 Å². The van der Waals surface area contributed by atoms with Gasteiger partial charge in [0.15, 0.2) is 0 Å². The third-order valence-corrected chi connectivity index (χ3v) is 18.6. The normalized spacial score (nSPS) is 17.9. The molecule has 9 atom stereocenters. The van der Waals surface area contributed by atoms with Crippen LogP contribution in [0.1, 0.15) is 189 Å². The number of nitrogens with one attached hydrogen (secondary N) is 6. The highest BCUT2D eigenvalue weighted by Gasteiger charge is 2.41. The Morgan fingerprint density at radius 1 is 0.844 bits per heavy atom. The van der Waals surface area contributed by atoms with Crippen molar-refractivity contribution in [2.24, 2.45) is 23.5 Å². The number of carbonyl (C=O) groups is 11. The lowest BCUT2D eigenvalue weighted by molar-refractivity contribution is -0.143. The first-order chi connectivity index (χ1) is 45.9. The molecule has 9 N–H and O–H groups in total. The molecule has 3 aromatic rings. The summed E-state index contributed by atoms with van der Waals surface area (Å²) in [6.07, 6.45) is 7.62. The molecule has 26 nitrogen and oxygen atoms in total. The van der Waals surface area contributed by atoms with Crippen molar-refractivity contribution >= 4 is 82.4 Å². The molecule has 0 bridgehead atoms. The monoisotopic (exact) mass is 1350 g/mol. The molecule has 0 spiro atoms. The lowest BCUT2D eigenvalue weighted by atomic mass is 9.80. The summed E-state index contributed by atoms with van der Waals surface area (Å²) in [5, 5.41) is 29.4. The fourth-order valence-electron chi connectivity index (χ4n) is 12.2. The summed E-state index contributed by atoms with van der Waals surface area (Å²) in [7, 11) is 1.31. The van der Waals surface area contributed by atoms with Gasteiger partial charge in [0.05, 0.1) is 13.0 Å². The zero-order valence-electron chi connectivity index (χ0n) is 56.9. The molecule has 0 radical (unpaired) electrons. The highest BCUT2D eigenvalue weighted by atomic mass is 32.1. The Labute approximate surface area is 566 Å². The Balaban J connectivity index is 1.06. The van der Waals surface area contributed by atoms with E-state index in [0.29, 0.717) is 106 Å². The van der Waals surface area contributed by atoms with E-state index < -0.39 is 90.0 Å². The number of unbranched alkanes of at least 4 members (excludes halogenated alkanes) is 2. The fraction of sp³-hybridized carbons (Fsp3) is 0.594. The molecule has 11 amide bonds. The zero-order chi connectivity index (χ0) is 70.2. The second-order valence-corrected chi connectivity index (χ2v) is 26.5. The van der Waals surface area contributed by atoms with Gasteiger partial charge in [0.25, 0.3) is 17.7 Å². The van der Waals surface area contributed by atoms with Crippen LogP contribution in [0.15, 0.2) is 60.0 Å². The molecular formula is C69H99N11O15S. The number of nitrogens with two attached hydrogens (primary N) is 1. The number of amides is 11. The minimum Gasteiger partial charge on any atom is -0.508 e. The summed E-state index contributed by atoms with van der Waals surface area (Å²) in [5.41, 5.74) is 7.84. The number of urea groups is 1. The molecule has 2 aliphatic heterocycles. The number of rotatable bonds is 36. The molecule has 3 aliphatic rings. The van der Waals surface area contributed by atoms with Crippen molar-refractivity contribution in [3.05, 3.63) is 87.4 Å². The summed E-state index contributed by atoms with van der Waals surface area (Å²) < 4.78 is 17.4. The first kappa shape index (κ1) is 76.6. The van der Waals surface area contributed by atoms with Crippen molar-refractivity contribution in [2.45, 2.75) is 207 Å². The van der Waals surface area contributed by atoms with Gasteiger partial charge in [0, 0.05) is 80.9 Å². The number of hydrogen-bond donors (Lipinski definition) is 8. The van der Waals surface area contributed by atoms with Gasteiger partial charge in [-0.2, -0.15) is 0 Å². The fourth-order valence-corrected chi connectivity index (χ4v) is 13.0. The van der Waals surface area contributed by atoms with Gasteiger partial charge in [-0.25, -0.2) is 14.6 Å². The Morgan fingerprint density at radius 3 is 2.23 bits per heavy atom. The number of benzene rings is 2. The Hall–Kier alpha value is -8.46. The second kappa shape index (κ2) is 37.7. The number of likely N-dealkylation sites (tertiary alicyclic amines) is 1. The first-order valence-electron chi connectivity index (χ1n) is 33.8. The number of primary amides is 1. The minimum atomic E-state index is -1.10. The topological polar surface area (TPSA) is 356 Å². The molecule has 1 aromatic heterocycles. The van der Waals surface area contributed by atoms with E-state index in [9.17, 15) is 53.1 Å². The number of aromatic hydroxyl groups is 1. The smallest absolute Gasteiger partial charge is 0.410 e. The highest BCUT2D eigenvalue weighted by molar-refractivity contribution is 7.09. The van der Waals surface area contributed by atoms with Gasteiger partial charge >= 0.3 is 18.1 Å². The largest absolute Gasteiger partial charge is 0.508 e. The molecule has 1 fully saturated rings. The standard InChI is InChI=1S/C69H99N11O15S/c1-10-31-78(54(41(4)5)38-55(94-34-11-2)65-75-52(40-96-65)62(86)73-47-35-45-24-27-48(81)37-49(45)50(36-47)67(90)93-9)66(89)60(43(8)12-3)77-63(87)53-20-15-17-32-79(53)69(92)95-39-44-22-25-46(26-23-44)72-61(85)51(19-18-30-71-68(70)91)74-64(88)59(42(6)7)76-56(82)21-14-13-16-33-80-57(83)28-29-58(80)84/h22-29,37,40-43,47,50-51,53-55,59-60,81H,10-21,30-36,38-39H2,1-9H3,(H,72,85)(H,73,86)(H,74,88)(H,76,82)(H,77,87)(H3,70,71,91). The predicted molar refractivity (Wildman–Crippen MR) is 360 cm³/mol. The molecule has 1 saturated heterocycles. The second-order valence-electron chi connectivity index (χ2n) is 25.7. The first-order valence-corrected chi connectivity index (χ1v) is 34.6. The molecular weight excluding hydrogens is 1250 g/mol. The van der Waals surface area contributed by atoms with Crippen LogP contribution in [0, 0.1) is 17.8 Å². The average Bonchev–Trinajstić information content (AvgIpc) is 1.24. The minimum absolute atomic E-state index is 0.0337. The molecule has 526 valence electrons. The van der Waals surface area contributed by atoms with E-state index >= 15 is 4.79 Å². The number of carbonyl (C=O) groups excluding carboxylic acids is 11. The third-order valence-electron chi connectivity index (χ3n) is 17.7. The Kier molecular flexibility index (Phi) is 30.1. The maximum absolute atomic E-state index is 15.2. The highest BCUT2D eigenvalue weighted by Crippen LogP contribution is 2.36. The van der Waals surface area contributed by atoms with Gasteiger partial charge in [0.2, 0.25) is 29.5 Å². The maximum atomic E-state index is 15.2. The SMILES string of the molecule is CCCOC(CC(C(C)C)N(CCC)C(=O)C(NC(=O)C1CCCCN1C(=O)OCc1ccc(NC(=O)C(CCCNC(N)=O)NC(=O)C(NC(=O)CCCCCN2C(=O)C=CC2=O)C(C)C)cc1)C(C)CC)c1nc(C(=O)NC2Cc3ccc(O)cc3C(C(=O)OC)C2)cs1. The summed E-state index contributed by atoms with van der Waals surface area (Å²) in [6, 6.07) is 5.81. The van der Waals surface area contributed by atoms with E-state index in [0.717, 1.165) is 10.5 Å². The van der Waals surface area contributed by atoms with Crippen LogP contribution in [0.5, 0.6) is 5.75 Å². The quantitative estimate of drug-likeness (QED) is 0.0162. The van der Waals surface area contributed by atoms with Gasteiger partial charge in [-0.15, -0.1) is 11.3 Å². The van der Waals surface area contributed by atoms with Gasteiger partial charge in [-0.05, 0) is 129 Å².